The summed E-state index contributed by atoms with van der Waals surface area (Å²) in [4.78, 5) is 34.6. The van der Waals surface area contributed by atoms with Crippen LogP contribution >= 0.6 is 0 Å². The second kappa shape index (κ2) is 5.79. The zero-order chi connectivity index (χ0) is 15.6. The van der Waals surface area contributed by atoms with Crippen LogP contribution in [0.15, 0.2) is 12.3 Å². The minimum atomic E-state index is -0.504. The largest absolute Gasteiger partial charge is 0.344 e. The van der Waals surface area contributed by atoms with Crippen LogP contribution < -0.4 is 5.32 Å². The van der Waals surface area contributed by atoms with E-state index in [0.29, 0.717) is 25.3 Å². The van der Waals surface area contributed by atoms with Crippen molar-refractivity contribution in [2.24, 2.45) is 5.41 Å². The average molecular weight is 290 g/mol. The number of carbonyl (C=O) groups is 2. The number of hydrogen-bond acceptors (Lipinski definition) is 4. The second-order valence-electron chi connectivity index (χ2n) is 6.47. The van der Waals surface area contributed by atoms with Gasteiger partial charge in [0.15, 0.2) is 0 Å². The van der Waals surface area contributed by atoms with E-state index in [0.717, 1.165) is 5.69 Å². The molecule has 0 spiro atoms. The molecule has 1 N–H and O–H groups in total. The van der Waals surface area contributed by atoms with E-state index in [-0.39, 0.29) is 17.2 Å². The van der Waals surface area contributed by atoms with Gasteiger partial charge >= 0.3 is 0 Å². The topological polar surface area (TPSA) is 75.2 Å². The maximum atomic E-state index is 12.7. The highest BCUT2D eigenvalue weighted by molar-refractivity contribution is 5.90. The standard InChI is InChI=1S/C15H22N4O2/c1-10-16-7-5-11(17-10)9-19-8-6-12(20)18-13(14(19)21)15(2,3)4/h5,7,13H,6,8-9H2,1-4H3,(H,18,20). The minimum absolute atomic E-state index is 0.0513. The molecular weight excluding hydrogens is 268 g/mol. The number of nitrogens with one attached hydrogen (secondary N) is 1. The van der Waals surface area contributed by atoms with Crippen LogP contribution in [0.3, 0.4) is 0 Å². The molecule has 1 unspecified atom stereocenters. The fourth-order valence-electron chi connectivity index (χ4n) is 2.36. The molecule has 1 fully saturated rings. The average Bonchev–Trinajstić information content (AvgIpc) is 2.51. The van der Waals surface area contributed by atoms with Crippen molar-refractivity contribution in [1.82, 2.24) is 20.2 Å². The summed E-state index contributed by atoms with van der Waals surface area (Å²) in [5.41, 5.74) is 0.467. The molecule has 114 valence electrons. The zero-order valence-electron chi connectivity index (χ0n) is 13.0. The summed E-state index contributed by atoms with van der Waals surface area (Å²) in [5, 5.41) is 2.83. The van der Waals surface area contributed by atoms with Crippen molar-refractivity contribution < 1.29 is 9.59 Å². The van der Waals surface area contributed by atoms with Gasteiger partial charge in [0.25, 0.3) is 0 Å². The Kier molecular flexibility index (Phi) is 4.25. The quantitative estimate of drug-likeness (QED) is 0.883. The van der Waals surface area contributed by atoms with Crippen LogP contribution in [0.4, 0.5) is 0 Å². The molecule has 1 aromatic heterocycles. The number of hydrogen-bond donors (Lipinski definition) is 1. The molecule has 0 aromatic carbocycles. The van der Waals surface area contributed by atoms with Crippen LogP contribution in [0.2, 0.25) is 0 Å². The summed E-state index contributed by atoms with van der Waals surface area (Å²) in [6.07, 6.45) is 2.01. The lowest BCUT2D eigenvalue weighted by Crippen LogP contribution is -2.51. The Morgan fingerprint density at radius 1 is 1.38 bits per heavy atom. The molecule has 2 amide bonds. The van der Waals surface area contributed by atoms with Gasteiger partial charge in [-0.15, -0.1) is 0 Å². The molecule has 1 aromatic rings. The molecule has 1 aliphatic rings. The number of aromatic nitrogens is 2. The molecular formula is C15H22N4O2. The Hall–Kier alpha value is -1.98. The SMILES string of the molecule is Cc1nccc(CN2CCC(=O)NC(C(C)(C)C)C2=O)n1. The number of amides is 2. The highest BCUT2D eigenvalue weighted by atomic mass is 16.2. The van der Waals surface area contributed by atoms with E-state index in [9.17, 15) is 9.59 Å². The van der Waals surface area contributed by atoms with E-state index < -0.39 is 6.04 Å². The van der Waals surface area contributed by atoms with Crippen LogP contribution in [-0.4, -0.2) is 39.3 Å². The molecule has 1 atom stereocenters. The predicted octanol–water partition coefficient (Wildman–Crippen LogP) is 1.05. The van der Waals surface area contributed by atoms with Gasteiger partial charge in [-0.2, -0.15) is 0 Å². The first-order chi connectivity index (χ1) is 9.77. The van der Waals surface area contributed by atoms with E-state index in [1.807, 2.05) is 27.7 Å². The third-order valence-electron chi connectivity index (χ3n) is 3.53. The van der Waals surface area contributed by atoms with Crippen molar-refractivity contribution in [2.45, 2.75) is 46.7 Å². The van der Waals surface area contributed by atoms with Crippen molar-refractivity contribution in [1.29, 1.82) is 0 Å². The van der Waals surface area contributed by atoms with Gasteiger partial charge in [-0.25, -0.2) is 9.97 Å². The first-order valence-corrected chi connectivity index (χ1v) is 7.14. The van der Waals surface area contributed by atoms with Crippen molar-refractivity contribution >= 4 is 11.8 Å². The molecule has 6 heteroatoms. The highest BCUT2D eigenvalue weighted by Crippen LogP contribution is 2.23. The van der Waals surface area contributed by atoms with Gasteiger partial charge in [0.1, 0.15) is 11.9 Å². The lowest BCUT2D eigenvalue weighted by atomic mass is 9.86. The van der Waals surface area contributed by atoms with Crippen LogP contribution in [0, 0.1) is 12.3 Å². The predicted molar refractivity (Wildman–Crippen MR) is 78.2 cm³/mol. The molecule has 6 nitrogen and oxygen atoms in total. The molecule has 0 bridgehead atoms. The molecule has 2 rings (SSSR count). The molecule has 0 saturated carbocycles. The van der Waals surface area contributed by atoms with Gasteiger partial charge in [-0.3, -0.25) is 9.59 Å². The summed E-state index contributed by atoms with van der Waals surface area (Å²) in [7, 11) is 0. The van der Waals surface area contributed by atoms with Crippen molar-refractivity contribution in [3.8, 4) is 0 Å². The third-order valence-corrected chi connectivity index (χ3v) is 3.53. The van der Waals surface area contributed by atoms with Crippen molar-refractivity contribution in [3.05, 3.63) is 23.8 Å². The summed E-state index contributed by atoms with van der Waals surface area (Å²) < 4.78 is 0. The zero-order valence-corrected chi connectivity index (χ0v) is 13.0. The molecule has 1 saturated heterocycles. The fraction of sp³-hybridized carbons (Fsp3) is 0.600. The number of nitrogens with zero attached hydrogens (tertiary/aromatic N) is 3. The molecule has 0 radical (unpaired) electrons. The smallest absolute Gasteiger partial charge is 0.246 e. The summed E-state index contributed by atoms with van der Waals surface area (Å²) in [6.45, 7) is 8.50. The maximum absolute atomic E-state index is 12.7. The van der Waals surface area contributed by atoms with Crippen LogP contribution in [0.1, 0.15) is 38.7 Å². The van der Waals surface area contributed by atoms with E-state index in [1.165, 1.54) is 0 Å². The van der Waals surface area contributed by atoms with Gasteiger partial charge in [-0.1, -0.05) is 20.8 Å². The summed E-state index contributed by atoms with van der Waals surface area (Å²) in [6, 6.07) is 1.29. The molecule has 1 aliphatic heterocycles. The molecule has 2 heterocycles. The molecule has 21 heavy (non-hydrogen) atoms. The lowest BCUT2D eigenvalue weighted by molar-refractivity contribution is -0.137. The third kappa shape index (κ3) is 3.77. The van der Waals surface area contributed by atoms with Crippen LogP contribution in [0.25, 0.3) is 0 Å². The van der Waals surface area contributed by atoms with Crippen LogP contribution in [0.5, 0.6) is 0 Å². The Morgan fingerprint density at radius 2 is 2.10 bits per heavy atom. The van der Waals surface area contributed by atoms with E-state index in [2.05, 4.69) is 15.3 Å². The van der Waals surface area contributed by atoms with Gasteiger partial charge in [0.05, 0.1) is 12.2 Å². The fourth-order valence-corrected chi connectivity index (χ4v) is 2.36. The molecule has 0 aliphatic carbocycles. The lowest BCUT2D eigenvalue weighted by Gasteiger charge is -2.32. The Labute approximate surface area is 125 Å². The van der Waals surface area contributed by atoms with Crippen molar-refractivity contribution in [2.75, 3.05) is 6.54 Å². The van der Waals surface area contributed by atoms with Gasteiger partial charge in [0, 0.05) is 19.2 Å². The van der Waals surface area contributed by atoms with E-state index in [4.69, 9.17) is 0 Å². The van der Waals surface area contributed by atoms with E-state index in [1.54, 1.807) is 17.2 Å². The summed E-state index contributed by atoms with van der Waals surface area (Å²) >= 11 is 0. The monoisotopic (exact) mass is 290 g/mol. The van der Waals surface area contributed by atoms with Crippen LogP contribution in [-0.2, 0) is 16.1 Å². The normalized spacial score (nSPS) is 20.2. The van der Waals surface area contributed by atoms with E-state index >= 15 is 0 Å². The summed E-state index contributed by atoms with van der Waals surface area (Å²) in [5.74, 6) is 0.547. The second-order valence-corrected chi connectivity index (χ2v) is 6.47. The number of aryl methyl sites for hydroxylation is 1. The van der Waals surface area contributed by atoms with Crippen molar-refractivity contribution in [3.63, 3.8) is 0 Å². The Balaban J connectivity index is 2.21. The highest BCUT2D eigenvalue weighted by Gasteiger charge is 2.37. The first kappa shape index (κ1) is 15.4. The Bertz CT molecular complexity index is 551. The Morgan fingerprint density at radius 3 is 2.71 bits per heavy atom. The van der Waals surface area contributed by atoms with Gasteiger partial charge in [0.2, 0.25) is 11.8 Å². The van der Waals surface area contributed by atoms with Gasteiger partial charge in [-0.05, 0) is 18.4 Å². The number of rotatable bonds is 2. The maximum Gasteiger partial charge on any atom is 0.246 e. The van der Waals surface area contributed by atoms with Gasteiger partial charge < -0.3 is 10.2 Å². The number of carbonyl (C=O) groups excluding carboxylic acids is 2. The minimum Gasteiger partial charge on any atom is -0.344 e. The first-order valence-electron chi connectivity index (χ1n) is 7.14.